The highest BCUT2D eigenvalue weighted by Crippen LogP contribution is 2.43. The molecule has 182 valence electrons. The number of hydrogen-bond acceptors (Lipinski definition) is 7. The molecule has 0 spiro atoms. The van der Waals surface area contributed by atoms with Gasteiger partial charge in [-0.2, -0.15) is 0 Å². The number of piperazine rings is 1. The summed E-state index contributed by atoms with van der Waals surface area (Å²) in [5, 5.41) is 0. The first kappa shape index (κ1) is 23.5. The summed E-state index contributed by atoms with van der Waals surface area (Å²) < 4.78 is 46.8. The highest BCUT2D eigenvalue weighted by Gasteiger charge is 2.49. The van der Waals surface area contributed by atoms with E-state index in [-0.39, 0.29) is 29.4 Å². The zero-order valence-corrected chi connectivity index (χ0v) is 19.5. The van der Waals surface area contributed by atoms with E-state index in [0.29, 0.717) is 31.7 Å². The first-order valence-electron chi connectivity index (χ1n) is 11.2. The van der Waals surface area contributed by atoms with Gasteiger partial charge < -0.3 is 28.7 Å². The van der Waals surface area contributed by atoms with Crippen LogP contribution in [0.25, 0.3) is 0 Å². The van der Waals surface area contributed by atoms with E-state index in [9.17, 15) is 18.4 Å². The maximum absolute atomic E-state index is 13.6. The summed E-state index contributed by atoms with van der Waals surface area (Å²) in [6.07, 6.45) is -4.10. The van der Waals surface area contributed by atoms with Crippen molar-refractivity contribution >= 4 is 17.6 Å². The molecule has 0 radical (unpaired) electrons. The van der Waals surface area contributed by atoms with E-state index < -0.39 is 30.1 Å². The fraction of sp³-hybridized carbons (Fsp3) is 0.652. The van der Waals surface area contributed by atoms with Gasteiger partial charge in [0.15, 0.2) is 17.6 Å². The van der Waals surface area contributed by atoms with E-state index in [4.69, 9.17) is 9.47 Å². The molecule has 0 N–H and O–H groups in total. The van der Waals surface area contributed by atoms with Crippen LogP contribution in [0.4, 0.5) is 14.5 Å². The lowest BCUT2D eigenvalue weighted by molar-refractivity contribution is -0.286. The zero-order chi connectivity index (χ0) is 24.1. The van der Waals surface area contributed by atoms with Gasteiger partial charge in [0.25, 0.3) is 0 Å². The lowest BCUT2D eigenvalue weighted by Crippen LogP contribution is -2.57. The predicted molar refractivity (Wildman–Crippen MR) is 114 cm³/mol. The molecule has 3 atom stereocenters. The molecule has 10 heteroatoms. The fourth-order valence-corrected chi connectivity index (χ4v) is 4.65. The molecule has 3 aliphatic heterocycles. The Bertz CT molecular complexity index is 938. The largest absolute Gasteiger partial charge is 0.586 e. The molecule has 4 rings (SSSR count). The van der Waals surface area contributed by atoms with Gasteiger partial charge in [-0.1, -0.05) is 13.8 Å². The molecule has 1 aromatic rings. The standard InChI is InChI=1S/C23H30F2N2O6/c1-13(2)10-16(19-21(29)33-22(4,5)32-19)20(28)27-9-8-26(12-14(27)3)15-6-7-17-18(11-15)31-23(24,25)30-17/h6-7,11,13-14,16,19H,8-10,12H2,1-5H3/t14-,16+,19+/m1/s1. The van der Waals surface area contributed by atoms with Gasteiger partial charge in [0, 0.05) is 51.3 Å². The maximum atomic E-state index is 13.6. The zero-order valence-electron chi connectivity index (χ0n) is 19.5. The van der Waals surface area contributed by atoms with Crippen LogP contribution in [0, 0.1) is 11.8 Å². The summed E-state index contributed by atoms with van der Waals surface area (Å²) in [7, 11) is 0. The van der Waals surface area contributed by atoms with Gasteiger partial charge in [0.2, 0.25) is 11.7 Å². The summed E-state index contributed by atoms with van der Waals surface area (Å²) in [5.74, 6) is -2.18. The second kappa shape index (κ2) is 8.30. The number of benzene rings is 1. The van der Waals surface area contributed by atoms with Gasteiger partial charge in [-0.15, -0.1) is 8.78 Å². The molecule has 3 heterocycles. The minimum absolute atomic E-state index is 0.00601. The van der Waals surface area contributed by atoms with E-state index in [2.05, 4.69) is 9.47 Å². The van der Waals surface area contributed by atoms with Crippen LogP contribution < -0.4 is 14.4 Å². The Hall–Kier alpha value is -2.62. The van der Waals surface area contributed by atoms with Crippen LogP contribution in [0.15, 0.2) is 18.2 Å². The van der Waals surface area contributed by atoms with E-state index in [1.165, 1.54) is 12.1 Å². The monoisotopic (exact) mass is 468 g/mol. The summed E-state index contributed by atoms with van der Waals surface area (Å²) in [6.45, 7) is 10.7. The Kier molecular flexibility index (Phi) is 5.92. The second-order valence-corrected chi connectivity index (χ2v) is 9.72. The Morgan fingerprint density at radius 3 is 2.45 bits per heavy atom. The lowest BCUT2D eigenvalue weighted by Gasteiger charge is -2.42. The Balaban J connectivity index is 1.46. The van der Waals surface area contributed by atoms with Crippen molar-refractivity contribution in [1.82, 2.24) is 4.90 Å². The molecule has 2 fully saturated rings. The molecule has 0 saturated carbocycles. The van der Waals surface area contributed by atoms with Gasteiger partial charge in [-0.3, -0.25) is 4.79 Å². The Labute approximate surface area is 191 Å². The van der Waals surface area contributed by atoms with Gasteiger partial charge in [-0.05, 0) is 31.4 Å². The number of hydrogen-bond donors (Lipinski definition) is 0. The van der Waals surface area contributed by atoms with Gasteiger partial charge in [0.05, 0.1) is 5.92 Å². The normalized spacial score (nSPS) is 26.5. The van der Waals surface area contributed by atoms with Crippen LogP contribution in [0.3, 0.4) is 0 Å². The van der Waals surface area contributed by atoms with E-state index in [1.54, 1.807) is 24.8 Å². The third-order valence-electron chi connectivity index (χ3n) is 6.06. The van der Waals surface area contributed by atoms with Crippen LogP contribution in [-0.4, -0.2) is 60.6 Å². The average Bonchev–Trinajstić information content (AvgIpc) is 3.16. The highest BCUT2D eigenvalue weighted by molar-refractivity contribution is 5.88. The summed E-state index contributed by atoms with van der Waals surface area (Å²) in [6, 6.07) is 4.50. The van der Waals surface area contributed by atoms with Crippen LogP contribution >= 0.6 is 0 Å². The van der Waals surface area contributed by atoms with Crippen molar-refractivity contribution in [1.29, 1.82) is 0 Å². The molecule has 1 amide bonds. The van der Waals surface area contributed by atoms with Crippen molar-refractivity contribution < 1.29 is 37.3 Å². The Morgan fingerprint density at radius 1 is 1.15 bits per heavy atom. The molecule has 3 aliphatic rings. The number of esters is 1. The number of amides is 1. The molecule has 8 nitrogen and oxygen atoms in total. The second-order valence-electron chi connectivity index (χ2n) is 9.72. The number of carbonyl (C=O) groups excluding carboxylic acids is 2. The number of cyclic esters (lactones) is 1. The molecule has 1 aromatic carbocycles. The van der Waals surface area contributed by atoms with E-state index in [1.807, 2.05) is 25.7 Å². The summed E-state index contributed by atoms with van der Waals surface area (Å²) in [5.41, 5.74) is 0.706. The number of fused-ring (bicyclic) bond motifs is 1. The molecule has 0 bridgehead atoms. The van der Waals surface area contributed by atoms with Crippen LogP contribution in [-0.2, 0) is 19.1 Å². The quantitative estimate of drug-likeness (QED) is 0.613. The first-order valence-corrected chi connectivity index (χ1v) is 11.2. The van der Waals surface area contributed by atoms with Crippen molar-refractivity contribution in [2.75, 3.05) is 24.5 Å². The third-order valence-corrected chi connectivity index (χ3v) is 6.06. The molecule has 2 saturated heterocycles. The highest BCUT2D eigenvalue weighted by atomic mass is 19.3. The summed E-state index contributed by atoms with van der Waals surface area (Å²) in [4.78, 5) is 29.8. The van der Waals surface area contributed by atoms with Gasteiger partial charge in [-0.25, -0.2) is 4.79 Å². The molecular weight excluding hydrogens is 438 g/mol. The van der Waals surface area contributed by atoms with Gasteiger partial charge >= 0.3 is 12.3 Å². The molecule has 33 heavy (non-hydrogen) atoms. The van der Waals surface area contributed by atoms with Crippen LogP contribution in [0.5, 0.6) is 11.5 Å². The number of rotatable bonds is 5. The molecule has 0 aliphatic carbocycles. The van der Waals surface area contributed by atoms with E-state index in [0.717, 1.165) is 0 Å². The molecule has 0 unspecified atom stereocenters. The maximum Gasteiger partial charge on any atom is 0.586 e. The van der Waals surface area contributed by atoms with Crippen molar-refractivity contribution in [2.24, 2.45) is 11.8 Å². The SMILES string of the molecule is CC(C)C[C@H](C(=O)N1CCN(c2ccc3c(c2)OC(F)(F)O3)C[C@H]1C)[C@@H]1OC(C)(C)OC1=O. The topological polar surface area (TPSA) is 77.5 Å². The minimum atomic E-state index is -3.66. The minimum Gasteiger partial charge on any atom is -0.432 e. The number of nitrogens with zero attached hydrogens (tertiary/aromatic N) is 2. The van der Waals surface area contributed by atoms with Crippen molar-refractivity contribution in [3.8, 4) is 11.5 Å². The van der Waals surface area contributed by atoms with Gasteiger partial charge in [0.1, 0.15) is 0 Å². The smallest absolute Gasteiger partial charge is 0.432 e. The fourth-order valence-electron chi connectivity index (χ4n) is 4.65. The van der Waals surface area contributed by atoms with Crippen molar-refractivity contribution in [3.05, 3.63) is 18.2 Å². The Morgan fingerprint density at radius 2 is 1.85 bits per heavy atom. The molecule has 0 aromatic heterocycles. The number of anilines is 1. The van der Waals surface area contributed by atoms with Crippen LogP contribution in [0.2, 0.25) is 0 Å². The number of alkyl halides is 2. The third kappa shape index (κ3) is 4.85. The van der Waals surface area contributed by atoms with Crippen molar-refractivity contribution in [2.45, 2.75) is 65.3 Å². The number of halogens is 2. The number of carbonyl (C=O) groups is 2. The van der Waals surface area contributed by atoms with E-state index >= 15 is 0 Å². The molecular formula is C23H30F2N2O6. The van der Waals surface area contributed by atoms with Crippen molar-refractivity contribution in [3.63, 3.8) is 0 Å². The summed E-state index contributed by atoms with van der Waals surface area (Å²) >= 11 is 0. The predicted octanol–water partition coefficient (Wildman–Crippen LogP) is 3.39. The number of ether oxygens (including phenoxy) is 4. The van der Waals surface area contributed by atoms with Crippen LogP contribution in [0.1, 0.15) is 41.0 Å². The lowest BCUT2D eigenvalue weighted by atomic mass is 9.90. The first-order chi connectivity index (χ1) is 15.3. The average molecular weight is 468 g/mol.